The zero-order valence-corrected chi connectivity index (χ0v) is 12.6. The van der Waals surface area contributed by atoms with Gasteiger partial charge in [0.05, 0.1) is 11.5 Å². The van der Waals surface area contributed by atoms with Gasteiger partial charge in [-0.1, -0.05) is 17.7 Å². The van der Waals surface area contributed by atoms with Crippen LogP contribution < -0.4 is 4.72 Å². The highest BCUT2D eigenvalue weighted by Gasteiger charge is 2.26. The van der Waals surface area contributed by atoms with E-state index in [0.29, 0.717) is 6.54 Å². The summed E-state index contributed by atoms with van der Waals surface area (Å²) in [5, 5.41) is 9.22. The van der Waals surface area contributed by atoms with Crippen molar-refractivity contribution in [1.82, 2.24) is 9.62 Å². The number of nitrogens with zero attached hydrogens (tertiary/aromatic N) is 1. The lowest BCUT2D eigenvalue weighted by molar-refractivity contribution is -0.132. The number of aryl methyl sites for hydroxylation is 1. The molecule has 0 bridgehead atoms. The monoisotopic (exact) mass is 300 g/mol. The number of sulfonamides is 1. The van der Waals surface area contributed by atoms with Crippen LogP contribution in [0, 0.1) is 6.92 Å². The first-order chi connectivity index (χ1) is 9.31. The Hall–Kier alpha value is -1.44. The third-order valence-corrected chi connectivity index (χ3v) is 4.45. The smallest absolute Gasteiger partial charge is 0.242 e. The van der Waals surface area contributed by atoms with Crippen LogP contribution in [0.15, 0.2) is 29.2 Å². The molecule has 1 amide bonds. The number of aliphatic hydroxyl groups is 1. The fraction of sp³-hybridized carbons (Fsp3) is 0.462. The fourth-order valence-electron chi connectivity index (χ4n) is 1.56. The molecule has 1 atom stereocenters. The minimum absolute atomic E-state index is 0.0634. The number of carbonyl (C=O) groups is 1. The number of hydrogen-bond donors (Lipinski definition) is 2. The SMILES string of the molecule is CCN(C)C(=O)[C@H](CO)NS(=O)(=O)c1ccc(C)cc1. The quantitative estimate of drug-likeness (QED) is 0.781. The molecule has 0 fully saturated rings. The molecule has 0 radical (unpaired) electrons. The normalized spacial score (nSPS) is 13.0. The first-order valence-corrected chi connectivity index (χ1v) is 7.75. The molecule has 112 valence electrons. The van der Waals surface area contributed by atoms with Gasteiger partial charge in [-0.2, -0.15) is 4.72 Å². The van der Waals surface area contributed by atoms with Crippen molar-refractivity contribution in [3.05, 3.63) is 29.8 Å². The summed E-state index contributed by atoms with van der Waals surface area (Å²) in [4.78, 5) is 13.3. The van der Waals surface area contributed by atoms with Crippen molar-refractivity contribution >= 4 is 15.9 Å². The minimum Gasteiger partial charge on any atom is -0.394 e. The van der Waals surface area contributed by atoms with Crippen LogP contribution in [0.5, 0.6) is 0 Å². The summed E-state index contributed by atoms with van der Waals surface area (Å²) in [5.41, 5.74) is 0.935. The number of amides is 1. The maximum atomic E-state index is 12.1. The van der Waals surface area contributed by atoms with Crippen LogP contribution >= 0.6 is 0 Å². The van der Waals surface area contributed by atoms with Gasteiger partial charge < -0.3 is 10.0 Å². The van der Waals surface area contributed by atoms with Crippen LogP contribution in [0.2, 0.25) is 0 Å². The Labute approximate surface area is 119 Å². The second kappa shape index (κ2) is 6.83. The van der Waals surface area contributed by atoms with E-state index in [-0.39, 0.29) is 4.90 Å². The Morgan fingerprint density at radius 1 is 1.35 bits per heavy atom. The predicted molar refractivity (Wildman–Crippen MR) is 75.7 cm³/mol. The minimum atomic E-state index is -3.83. The second-order valence-electron chi connectivity index (χ2n) is 4.52. The zero-order valence-electron chi connectivity index (χ0n) is 11.8. The molecule has 0 spiro atoms. The zero-order chi connectivity index (χ0) is 15.3. The van der Waals surface area contributed by atoms with Crippen molar-refractivity contribution in [2.75, 3.05) is 20.2 Å². The van der Waals surface area contributed by atoms with Gasteiger partial charge in [0.2, 0.25) is 15.9 Å². The Morgan fingerprint density at radius 3 is 2.35 bits per heavy atom. The molecule has 1 rings (SSSR count). The molecule has 0 aliphatic heterocycles. The molecule has 0 aliphatic carbocycles. The van der Waals surface area contributed by atoms with Gasteiger partial charge in [-0.05, 0) is 26.0 Å². The maximum absolute atomic E-state index is 12.1. The van der Waals surface area contributed by atoms with Crippen molar-refractivity contribution in [2.24, 2.45) is 0 Å². The Bertz CT molecular complexity index is 554. The summed E-state index contributed by atoms with van der Waals surface area (Å²) in [7, 11) is -2.29. The van der Waals surface area contributed by atoms with Gasteiger partial charge in [0.25, 0.3) is 0 Å². The number of nitrogens with one attached hydrogen (secondary N) is 1. The van der Waals surface area contributed by atoms with E-state index in [0.717, 1.165) is 5.56 Å². The molecule has 0 saturated carbocycles. The van der Waals surface area contributed by atoms with Crippen molar-refractivity contribution in [3.63, 3.8) is 0 Å². The highest BCUT2D eigenvalue weighted by atomic mass is 32.2. The van der Waals surface area contributed by atoms with E-state index in [2.05, 4.69) is 4.72 Å². The van der Waals surface area contributed by atoms with E-state index in [9.17, 15) is 18.3 Å². The lowest BCUT2D eigenvalue weighted by Gasteiger charge is -2.22. The van der Waals surface area contributed by atoms with E-state index in [1.165, 1.54) is 17.0 Å². The van der Waals surface area contributed by atoms with Crippen LogP contribution in [-0.2, 0) is 14.8 Å². The van der Waals surface area contributed by atoms with E-state index in [1.54, 1.807) is 26.1 Å². The van der Waals surface area contributed by atoms with Gasteiger partial charge in [-0.3, -0.25) is 4.79 Å². The van der Waals surface area contributed by atoms with E-state index >= 15 is 0 Å². The number of hydrogen-bond acceptors (Lipinski definition) is 4. The molecule has 0 heterocycles. The van der Waals surface area contributed by atoms with Crippen LogP contribution in [0.25, 0.3) is 0 Å². The Balaban J connectivity index is 2.93. The highest BCUT2D eigenvalue weighted by molar-refractivity contribution is 7.89. The average molecular weight is 300 g/mol. The summed E-state index contributed by atoms with van der Waals surface area (Å²) < 4.78 is 26.5. The molecular weight excluding hydrogens is 280 g/mol. The summed E-state index contributed by atoms with van der Waals surface area (Å²) in [6.45, 7) is 3.46. The van der Waals surface area contributed by atoms with E-state index < -0.39 is 28.6 Å². The van der Waals surface area contributed by atoms with Crippen LogP contribution in [0.4, 0.5) is 0 Å². The van der Waals surface area contributed by atoms with Gasteiger partial charge in [0.15, 0.2) is 0 Å². The van der Waals surface area contributed by atoms with Gasteiger partial charge in [0, 0.05) is 13.6 Å². The second-order valence-corrected chi connectivity index (χ2v) is 6.24. The van der Waals surface area contributed by atoms with Crippen molar-refractivity contribution in [3.8, 4) is 0 Å². The molecule has 6 nitrogen and oxygen atoms in total. The number of likely N-dealkylation sites (N-methyl/N-ethyl adjacent to an activating group) is 1. The molecule has 1 aromatic rings. The lowest BCUT2D eigenvalue weighted by atomic mass is 10.2. The van der Waals surface area contributed by atoms with Gasteiger partial charge in [-0.15, -0.1) is 0 Å². The molecule has 2 N–H and O–H groups in total. The highest BCUT2D eigenvalue weighted by Crippen LogP contribution is 2.11. The third kappa shape index (κ3) is 4.03. The largest absolute Gasteiger partial charge is 0.394 e. The van der Waals surface area contributed by atoms with Crippen molar-refractivity contribution in [1.29, 1.82) is 0 Å². The molecule has 0 unspecified atom stereocenters. The van der Waals surface area contributed by atoms with Crippen molar-refractivity contribution in [2.45, 2.75) is 24.8 Å². The van der Waals surface area contributed by atoms with Crippen molar-refractivity contribution < 1.29 is 18.3 Å². The molecule has 20 heavy (non-hydrogen) atoms. The molecular formula is C13H20N2O4S. The molecule has 0 aliphatic rings. The first-order valence-electron chi connectivity index (χ1n) is 6.26. The maximum Gasteiger partial charge on any atom is 0.242 e. The average Bonchev–Trinajstić information content (AvgIpc) is 2.43. The first kappa shape index (κ1) is 16.6. The molecule has 0 saturated heterocycles. The molecule has 1 aromatic carbocycles. The summed E-state index contributed by atoms with van der Waals surface area (Å²) in [6.07, 6.45) is 0. The summed E-state index contributed by atoms with van der Waals surface area (Å²) >= 11 is 0. The lowest BCUT2D eigenvalue weighted by Crippen LogP contribution is -2.49. The van der Waals surface area contributed by atoms with Crippen LogP contribution in [0.3, 0.4) is 0 Å². The van der Waals surface area contributed by atoms with Gasteiger partial charge in [-0.25, -0.2) is 8.42 Å². The number of rotatable bonds is 6. The number of carbonyl (C=O) groups excluding carboxylic acids is 1. The van der Waals surface area contributed by atoms with Crippen LogP contribution in [-0.4, -0.2) is 50.6 Å². The Kier molecular flexibility index (Phi) is 5.67. The molecule has 0 aromatic heterocycles. The number of aliphatic hydroxyl groups excluding tert-OH is 1. The Morgan fingerprint density at radius 2 is 1.90 bits per heavy atom. The standard InChI is InChI=1S/C13H20N2O4S/c1-4-15(3)13(17)12(9-16)14-20(18,19)11-7-5-10(2)6-8-11/h5-8,12,14,16H,4,9H2,1-3H3/t12-/m0/s1. The fourth-order valence-corrected chi connectivity index (χ4v) is 2.74. The predicted octanol–water partition coefficient (Wildman–Crippen LogP) is 0.113. The number of benzene rings is 1. The van der Waals surface area contributed by atoms with Gasteiger partial charge >= 0.3 is 0 Å². The van der Waals surface area contributed by atoms with E-state index in [4.69, 9.17) is 0 Å². The topological polar surface area (TPSA) is 86.7 Å². The van der Waals surface area contributed by atoms with Gasteiger partial charge in [0.1, 0.15) is 6.04 Å². The summed E-state index contributed by atoms with van der Waals surface area (Å²) in [6, 6.07) is 5.08. The van der Waals surface area contributed by atoms with E-state index in [1.807, 2.05) is 6.92 Å². The third-order valence-electron chi connectivity index (χ3n) is 2.96. The summed E-state index contributed by atoms with van der Waals surface area (Å²) in [5.74, 6) is -0.467. The molecule has 7 heteroatoms. The van der Waals surface area contributed by atoms with Crippen LogP contribution in [0.1, 0.15) is 12.5 Å².